The van der Waals surface area contributed by atoms with Gasteiger partial charge in [-0.1, -0.05) is 0 Å². The molecule has 0 atom stereocenters. The Kier molecular flexibility index (Phi) is 4.49. The fourth-order valence-electron chi connectivity index (χ4n) is 2.52. The van der Waals surface area contributed by atoms with E-state index in [4.69, 9.17) is 0 Å². The van der Waals surface area contributed by atoms with Gasteiger partial charge in [0.25, 0.3) is 0 Å². The molecule has 1 amide bonds. The molecule has 116 valence electrons. The molecule has 5 heteroatoms. The van der Waals surface area contributed by atoms with Crippen LogP contribution in [0.5, 0.6) is 0 Å². The Labute approximate surface area is 127 Å². The third-order valence-corrected chi connectivity index (χ3v) is 4.25. The Morgan fingerprint density at radius 2 is 1.95 bits per heavy atom. The van der Waals surface area contributed by atoms with Gasteiger partial charge in [-0.05, 0) is 46.6 Å². The normalized spacial score (nSPS) is 16.9. The lowest BCUT2D eigenvalue weighted by Gasteiger charge is -2.38. The van der Waals surface area contributed by atoms with Crippen LogP contribution in [0.3, 0.4) is 0 Å². The van der Waals surface area contributed by atoms with Gasteiger partial charge in [-0.2, -0.15) is 0 Å². The molecule has 0 radical (unpaired) electrons. The maximum atomic E-state index is 12.5. The first kappa shape index (κ1) is 15.7. The smallest absolute Gasteiger partial charge is 0.225 e. The highest BCUT2D eigenvalue weighted by atomic mass is 16.2. The first-order valence-electron chi connectivity index (χ1n) is 7.61. The second kappa shape index (κ2) is 6.00. The molecule has 0 aromatic carbocycles. The predicted molar refractivity (Wildman–Crippen MR) is 84.2 cm³/mol. The van der Waals surface area contributed by atoms with Crippen LogP contribution < -0.4 is 4.90 Å². The Bertz CT molecular complexity index is 501. The van der Waals surface area contributed by atoms with E-state index in [2.05, 4.69) is 35.6 Å². The summed E-state index contributed by atoms with van der Waals surface area (Å²) in [5.41, 5.74) is 0.860. The van der Waals surface area contributed by atoms with Crippen LogP contribution in [0.15, 0.2) is 12.3 Å². The molecule has 1 aromatic rings. The van der Waals surface area contributed by atoms with E-state index in [1.54, 1.807) is 6.20 Å². The van der Waals surface area contributed by atoms with Crippen molar-refractivity contribution in [1.29, 1.82) is 0 Å². The van der Waals surface area contributed by atoms with Gasteiger partial charge in [-0.3, -0.25) is 4.79 Å². The summed E-state index contributed by atoms with van der Waals surface area (Å²) in [6.45, 7) is 9.87. The van der Waals surface area contributed by atoms with E-state index >= 15 is 0 Å². The minimum Gasteiger partial charge on any atom is -0.341 e. The van der Waals surface area contributed by atoms with Gasteiger partial charge in [0.05, 0.1) is 0 Å². The minimum atomic E-state index is -0.117. The van der Waals surface area contributed by atoms with Crippen LogP contribution in [0.25, 0.3) is 0 Å². The van der Waals surface area contributed by atoms with Crippen molar-refractivity contribution in [2.24, 2.45) is 5.92 Å². The second-order valence-electron chi connectivity index (χ2n) is 6.83. The first-order valence-corrected chi connectivity index (χ1v) is 7.61. The molecule has 21 heavy (non-hydrogen) atoms. The molecule has 0 spiro atoms. The molecule has 0 bridgehead atoms. The molecule has 1 aliphatic heterocycles. The quantitative estimate of drug-likeness (QED) is 0.838. The van der Waals surface area contributed by atoms with E-state index in [9.17, 15) is 4.79 Å². The lowest BCUT2D eigenvalue weighted by molar-refractivity contribution is -0.139. The molecular weight excluding hydrogens is 264 g/mol. The van der Waals surface area contributed by atoms with Crippen LogP contribution in [0, 0.1) is 12.8 Å². The standard InChI is InChI=1S/C16H26N4O/c1-12-6-9-17-15(18-12)20-10-7-13(8-11-20)14(21)19(5)16(2,3)4/h6,9,13H,7-8,10-11H2,1-5H3. The number of piperidine rings is 1. The molecule has 0 aliphatic carbocycles. The van der Waals surface area contributed by atoms with Gasteiger partial charge < -0.3 is 9.80 Å². The lowest BCUT2D eigenvalue weighted by Crippen LogP contribution is -2.48. The Hall–Kier alpha value is -1.65. The summed E-state index contributed by atoms with van der Waals surface area (Å²) < 4.78 is 0. The van der Waals surface area contributed by atoms with Gasteiger partial charge in [-0.25, -0.2) is 9.97 Å². The number of hydrogen-bond acceptors (Lipinski definition) is 4. The number of anilines is 1. The van der Waals surface area contributed by atoms with Crippen LogP contribution >= 0.6 is 0 Å². The van der Waals surface area contributed by atoms with Crippen LogP contribution in [0.4, 0.5) is 5.95 Å². The maximum absolute atomic E-state index is 12.5. The van der Waals surface area contributed by atoms with Crippen molar-refractivity contribution in [3.8, 4) is 0 Å². The van der Waals surface area contributed by atoms with Crippen molar-refractivity contribution in [2.45, 2.75) is 46.1 Å². The number of amides is 1. The van der Waals surface area contributed by atoms with E-state index in [1.165, 1.54) is 0 Å². The zero-order chi connectivity index (χ0) is 15.6. The first-order chi connectivity index (χ1) is 9.79. The van der Waals surface area contributed by atoms with Gasteiger partial charge in [0.15, 0.2) is 0 Å². The molecule has 1 fully saturated rings. The van der Waals surface area contributed by atoms with E-state index in [0.29, 0.717) is 0 Å². The van der Waals surface area contributed by atoms with E-state index in [0.717, 1.165) is 37.6 Å². The van der Waals surface area contributed by atoms with Crippen molar-refractivity contribution in [1.82, 2.24) is 14.9 Å². The summed E-state index contributed by atoms with van der Waals surface area (Å²) in [4.78, 5) is 25.4. The fourth-order valence-corrected chi connectivity index (χ4v) is 2.52. The van der Waals surface area contributed by atoms with Crippen LogP contribution in [0.1, 0.15) is 39.3 Å². The molecule has 5 nitrogen and oxygen atoms in total. The van der Waals surface area contributed by atoms with Crippen molar-refractivity contribution in [3.63, 3.8) is 0 Å². The number of rotatable bonds is 2. The average Bonchev–Trinajstić information content (AvgIpc) is 2.45. The summed E-state index contributed by atoms with van der Waals surface area (Å²) >= 11 is 0. The van der Waals surface area contributed by atoms with Gasteiger partial charge in [0, 0.05) is 43.5 Å². The zero-order valence-corrected chi connectivity index (χ0v) is 13.8. The predicted octanol–water partition coefficient (Wildman–Crippen LogP) is 2.26. The molecule has 0 unspecified atom stereocenters. The molecule has 1 aliphatic rings. The van der Waals surface area contributed by atoms with Crippen LogP contribution in [-0.2, 0) is 4.79 Å². The molecule has 0 saturated carbocycles. The highest BCUT2D eigenvalue weighted by Gasteiger charge is 2.31. The van der Waals surface area contributed by atoms with Crippen molar-refractivity contribution in [2.75, 3.05) is 25.0 Å². The van der Waals surface area contributed by atoms with Gasteiger partial charge >= 0.3 is 0 Å². The lowest BCUT2D eigenvalue weighted by atomic mass is 9.93. The highest BCUT2D eigenvalue weighted by molar-refractivity contribution is 5.79. The Balaban J connectivity index is 1.96. The highest BCUT2D eigenvalue weighted by Crippen LogP contribution is 2.24. The summed E-state index contributed by atoms with van der Waals surface area (Å²) in [5.74, 6) is 1.16. The molecule has 2 rings (SSSR count). The van der Waals surface area contributed by atoms with E-state index < -0.39 is 0 Å². The van der Waals surface area contributed by atoms with Gasteiger partial charge in [-0.15, -0.1) is 0 Å². The molecule has 2 heterocycles. The fraction of sp³-hybridized carbons (Fsp3) is 0.688. The maximum Gasteiger partial charge on any atom is 0.225 e. The SMILES string of the molecule is Cc1ccnc(N2CCC(C(=O)N(C)C(C)(C)C)CC2)n1. The second-order valence-corrected chi connectivity index (χ2v) is 6.83. The van der Waals surface area contributed by atoms with Crippen molar-refractivity contribution >= 4 is 11.9 Å². The van der Waals surface area contributed by atoms with Crippen LogP contribution in [0.2, 0.25) is 0 Å². The third kappa shape index (κ3) is 3.71. The summed E-state index contributed by atoms with van der Waals surface area (Å²) in [5, 5.41) is 0. The number of hydrogen-bond donors (Lipinski definition) is 0. The van der Waals surface area contributed by atoms with Crippen molar-refractivity contribution in [3.05, 3.63) is 18.0 Å². The zero-order valence-electron chi connectivity index (χ0n) is 13.8. The van der Waals surface area contributed by atoms with E-state index in [1.807, 2.05) is 24.9 Å². The number of aryl methyl sites for hydroxylation is 1. The number of carbonyl (C=O) groups is 1. The Morgan fingerprint density at radius 3 is 2.48 bits per heavy atom. The summed E-state index contributed by atoms with van der Waals surface area (Å²) in [6.07, 6.45) is 3.54. The average molecular weight is 290 g/mol. The van der Waals surface area contributed by atoms with Gasteiger partial charge in [0.1, 0.15) is 0 Å². The monoisotopic (exact) mass is 290 g/mol. The third-order valence-electron chi connectivity index (χ3n) is 4.25. The number of nitrogens with zero attached hydrogens (tertiary/aromatic N) is 4. The molecule has 1 saturated heterocycles. The molecule has 0 N–H and O–H groups in total. The number of carbonyl (C=O) groups excluding carboxylic acids is 1. The summed E-state index contributed by atoms with van der Waals surface area (Å²) in [7, 11) is 1.90. The number of aromatic nitrogens is 2. The van der Waals surface area contributed by atoms with E-state index in [-0.39, 0.29) is 17.4 Å². The van der Waals surface area contributed by atoms with Crippen LogP contribution in [-0.4, -0.2) is 46.5 Å². The molecule has 1 aromatic heterocycles. The minimum absolute atomic E-state index is 0.117. The van der Waals surface area contributed by atoms with Crippen molar-refractivity contribution < 1.29 is 4.79 Å². The summed E-state index contributed by atoms with van der Waals surface area (Å²) in [6, 6.07) is 1.90. The largest absolute Gasteiger partial charge is 0.341 e. The van der Waals surface area contributed by atoms with Gasteiger partial charge in [0.2, 0.25) is 11.9 Å². The molecular formula is C16H26N4O. The Morgan fingerprint density at radius 1 is 1.33 bits per heavy atom. The topological polar surface area (TPSA) is 49.3 Å².